The zero-order valence-electron chi connectivity index (χ0n) is 12.9. The molecule has 2 heterocycles. The van der Waals surface area contributed by atoms with Crippen molar-refractivity contribution in [3.05, 3.63) is 36.3 Å². The number of carbonyl (C=O) groups excluding carboxylic acids is 2. The number of anilines is 1. The second-order valence-corrected chi connectivity index (χ2v) is 6.37. The Balaban J connectivity index is 1.60. The van der Waals surface area contributed by atoms with Gasteiger partial charge in [0.05, 0.1) is 17.3 Å². The van der Waals surface area contributed by atoms with Gasteiger partial charge < -0.3 is 9.88 Å². The number of carbonyl (C=O) groups is 2. The second kappa shape index (κ2) is 5.65. The summed E-state index contributed by atoms with van der Waals surface area (Å²) in [6.07, 6.45) is 6.20. The summed E-state index contributed by atoms with van der Waals surface area (Å²) in [5, 5.41) is 2.97. The molecule has 0 saturated heterocycles. The predicted molar refractivity (Wildman–Crippen MR) is 87.0 cm³/mol. The Labute approximate surface area is 134 Å². The summed E-state index contributed by atoms with van der Waals surface area (Å²) in [7, 11) is 0. The molecule has 1 saturated carbocycles. The lowest BCUT2D eigenvalue weighted by Gasteiger charge is -2.23. The monoisotopic (exact) mass is 309 g/mol. The van der Waals surface area contributed by atoms with E-state index in [2.05, 4.69) is 16.1 Å². The number of para-hydroxylation sites is 1. The fraction of sp³-hybridized carbons (Fsp3) is 0.389. The first-order chi connectivity index (χ1) is 11.2. The molecule has 0 bridgehead atoms. The van der Waals surface area contributed by atoms with Crippen LogP contribution in [0.25, 0.3) is 11.3 Å². The van der Waals surface area contributed by atoms with Crippen LogP contribution in [0.5, 0.6) is 0 Å². The van der Waals surface area contributed by atoms with Crippen LogP contribution in [0.15, 0.2) is 30.5 Å². The molecule has 0 radical (unpaired) electrons. The fourth-order valence-electron chi connectivity index (χ4n) is 3.27. The van der Waals surface area contributed by atoms with E-state index >= 15 is 0 Å². The molecule has 5 nitrogen and oxygen atoms in total. The molecule has 5 heteroatoms. The van der Waals surface area contributed by atoms with Crippen LogP contribution in [0.2, 0.25) is 0 Å². The van der Waals surface area contributed by atoms with Gasteiger partial charge in [-0.3, -0.25) is 9.59 Å². The van der Waals surface area contributed by atoms with Gasteiger partial charge in [0.1, 0.15) is 11.6 Å². The van der Waals surface area contributed by atoms with Crippen LogP contribution < -0.4 is 5.32 Å². The topological polar surface area (TPSA) is 64.0 Å². The van der Waals surface area contributed by atoms with Crippen molar-refractivity contribution in [2.24, 2.45) is 5.92 Å². The minimum absolute atomic E-state index is 0.0685. The second-order valence-electron chi connectivity index (χ2n) is 6.37. The van der Waals surface area contributed by atoms with E-state index in [1.807, 2.05) is 24.3 Å². The molecule has 1 aromatic carbocycles. The average molecular weight is 309 g/mol. The Bertz CT molecular complexity index is 747. The molecule has 1 amide bonds. The Morgan fingerprint density at radius 2 is 2.04 bits per heavy atom. The van der Waals surface area contributed by atoms with Crippen molar-refractivity contribution in [3.8, 4) is 11.3 Å². The molecular weight excluding hydrogens is 290 g/mol. The van der Waals surface area contributed by atoms with Crippen LogP contribution in [0.3, 0.4) is 0 Å². The van der Waals surface area contributed by atoms with Gasteiger partial charge in [-0.15, -0.1) is 0 Å². The fourth-order valence-corrected chi connectivity index (χ4v) is 3.27. The lowest BCUT2D eigenvalue weighted by Crippen LogP contribution is -2.34. The molecule has 0 unspecified atom stereocenters. The zero-order chi connectivity index (χ0) is 15.8. The van der Waals surface area contributed by atoms with Crippen LogP contribution >= 0.6 is 0 Å². The van der Waals surface area contributed by atoms with E-state index in [4.69, 9.17) is 4.98 Å². The lowest BCUT2D eigenvalue weighted by molar-refractivity contribution is -0.135. The number of aryl methyl sites for hydroxylation is 2. The highest BCUT2D eigenvalue weighted by molar-refractivity contribution is 6.03. The van der Waals surface area contributed by atoms with Crippen molar-refractivity contribution in [1.82, 2.24) is 9.55 Å². The van der Waals surface area contributed by atoms with E-state index in [9.17, 15) is 9.59 Å². The summed E-state index contributed by atoms with van der Waals surface area (Å²) in [5.74, 6) is 1.05. The molecule has 1 aliphatic heterocycles. The van der Waals surface area contributed by atoms with Gasteiger partial charge in [-0.1, -0.05) is 18.2 Å². The van der Waals surface area contributed by atoms with E-state index in [0.717, 1.165) is 35.7 Å². The molecule has 118 valence electrons. The van der Waals surface area contributed by atoms with Crippen molar-refractivity contribution in [2.75, 3.05) is 5.32 Å². The first-order valence-corrected chi connectivity index (χ1v) is 8.19. The van der Waals surface area contributed by atoms with Gasteiger partial charge in [0.2, 0.25) is 5.91 Å². The molecule has 1 aliphatic carbocycles. The molecule has 2 aromatic rings. The SMILES string of the molecule is O=C1CC(C(=O)Nc2ccccc2-c2cn3c(n2)CCCC3)C1. The highest BCUT2D eigenvalue weighted by atomic mass is 16.2. The smallest absolute Gasteiger partial charge is 0.228 e. The standard InChI is InChI=1S/C18H19N3O2/c22-13-9-12(10-13)18(23)20-15-6-2-1-5-14(15)16-11-21-8-4-3-7-17(21)19-16/h1-2,5-6,11-12H,3-4,7-10H2,(H,20,23). The van der Waals surface area contributed by atoms with Gasteiger partial charge in [-0.05, 0) is 18.9 Å². The Kier molecular flexibility index (Phi) is 3.48. The van der Waals surface area contributed by atoms with E-state index in [1.54, 1.807) is 0 Å². The third-order valence-electron chi connectivity index (χ3n) is 4.69. The molecule has 0 atom stereocenters. The largest absolute Gasteiger partial charge is 0.334 e. The maximum Gasteiger partial charge on any atom is 0.228 e. The molecular formula is C18H19N3O2. The summed E-state index contributed by atoms with van der Waals surface area (Å²) in [6, 6.07) is 7.74. The van der Waals surface area contributed by atoms with Crippen molar-refractivity contribution in [2.45, 2.75) is 38.6 Å². The van der Waals surface area contributed by atoms with E-state index < -0.39 is 0 Å². The summed E-state index contributed by atoms with van der Waals surface area (Å²) in [6.45, 7) is 1.01. The number of amides is 1. The number of fused-ring (bicyclic) bond motifs is 1. The quantitative estimate of drug-likeness (QED) is 0.948. The summed E-state index contributed by atoms with van der Waals surface area (Å²) in [4.78, 5) is 28.0. The maximum absolute atomic E-state index is 12.2. The number of aromatic nitrogens is 2. The van der Waals surface area contributed by atoms with E-state index in [0.29, 0.717) is 12.8 Å². The molecule has 1 aromatic heterocycles. The summed E-state index contributed by atoms with van der Waals surface area (Å²) < 4.78 is 2.21. The van der Waals surface area contributed by atoms with Crippen LogP contribution in [-0.4, -0.2) is 21.2 Å². The van der Waals surface area contributed by atoms with Crippen molar-refractivity contribution in [3.63, 3.8) is 0 Å². The van der Waals surface area contributed by atoms with Crippen LogP contribution in [0, 0.1) is 5.92 Å². The first-order valence-electron chi connectivity index (χ1n) is 8.19. The van der Waals surface area contributed by atoms with Crippen LogP contribution in [0.1, 0.15) is 31.5 Å². The van der Waals surface area contributed by atoms with Crippen molar-refractivity contribution >= 4 is 17.4 Å². The number of hydrogen-bond acceptors (Lipinski definition) is 3. The van der Waals surface area contributed by atoms with Gasteiger partial charge >= 0.3 is 0 Å². The van der Waals surface area contributed by atoms with E-state index in [1.165, 1.54) is 12.8 Å². The molecule has 0 spiro atoms. The van der Waals surface area contributed by atoms with Crippen molar-refractivity contribution < 1.29 is 9.59 Å². The van der Waals surface area contributed by atoms with Gasteiger partial charge in [0, 0.05) is 37.6 Å². The number of hydrogen-bond donors (Lipinski definition) is 1. The number of ketones is 1. The molecule has 23 heavy (non-hydrogen) atoms. The molecule has 2 aliphatic rings. The summed E-state index contributed by atoms with van der Waals surface area (Å²) in [5.41, 5.74) is 2.61. The maximum atomic E-state index is 12.2. The van der Waals surface area contributed by atoms with E-state index in [-0.39, 0.29) is 17.6 Å². The zero-order valence-corrected chi connectivity index (χ0v) is 12.9. The lowest BCUT2D eigenvalue weighted by atomic mass is 9.83. The van der Waals surface area contributed by atoms with Crippen LogP contribution in [0.4, 0.5) is 5.69 Å². The van der Waals surface area contributed by atoms with Crippen LogP contribution in [-0.2, 0) is 22.6 Å². The van der Waals surface area contributed by atoms with Gasteiger partial charge in [-0.25, -0.2) is 4.98 Å². The first kappa shape index (κ1) is 14.2. The van der Waals surface area contributed by atoms with Crippen molar-refractivity contribution in [1.29, 1.82) is 0 Å². The Morgan fingerprint density at radius 1 is 1.22 bits per heavy atom. The average Bonchev–Trinajstić information content (AvgIpc) is 2.96. The number of imidazole rings is 1. The van der Waals surface area contributed by atoms with Gasteiger partial charge in [-0.2, -0.15) is 0 Å². The van der Waals surface area contributed by atoms with Gasteiger partial charge in [0.15, 0.2) is 0 Å². The number of Topliss-reactive ketones (excluding diaryl/α,β-unsaturated/α-hetero) is 1. The number of nitrogens with one attached hydrogen (secondary N) is 1. The highest BCUT2D eigenvalue weighted by Crippen LogP contribution is 2.31. The number of benzene rings is 1. The highest BCUT2D eigenvalue weighted by Gasteiger charge is 2.33. The Hall–Kier alpha value is -2.43. The van der Waals surface area contributed by atoms with Gasteiger partial charge in [0.25, 0.3) is 0 Å². The Morgan fingerprint density at radius 3 is 2.83 bits per heavy atom. The molecule has 1 N–H and O–H groups in total. The molecule has 1 fully saturated rings. The third-order valence-corrected chi connectivity index (χ3v) is 4.69. The number of nitrogens with zero attached hydrogens (tertiary/aromatic N) is 2. The third kappa shape index (κ3) is 2.67. The molecule has 4 rings (SSSR count). The minimum atomic E-state index is -0.175. The summed E-state index contributed by atoms with van der Waals surface area (Å²) >= 11 is 0. The number of rotatable bonds is 3. The minimum Gasteiger partial charge on any atom is -0.334 e. The normalized spacial score (nSPS) is 17.5. The predicted octanol–water partition coefficient (Wildman–Crippen LogP) is 2.80.